The Morgan fingerprint density at radius 3 is 2.29 bits per heavy atom. The van der Waals surface area contributed by atoms with Crippen LogP contribution in [0.5, 0.6) is 0 Å². The molecule has 0 unspecified atom stereocenters. The van der Waals surface area contributed by atoms with E-state index in [9.17, 15) is 18.0 Å². The molecule has 1 aromatic heterocycles. The number of aromatic nitrogens is 2. The number of carbonyl (C=O) groups is 1. The molecule has 2 aromatic rings. The van der Waals surface area contributed by atoms with Crippen molar-refractivity contribution in [2.45, 2.75) is 26.9 Å². The molecule has 1 heterocycles. The van der Waals surface area contributed by atoms with Crippen molar-refractivity contribution < 1.29 is 23.1 Å². The smallest absolute Gasteiger partial charge is 0.418 e. The number of rotatable bonds is 2. The Hall–Kier alpha value is -2.31. The first-order valence-electron chi connectivity index (χ1n) is 6.10. The van der Waals surface area contributed by atoms with Crippen LogP contribution in [-0.4, -0.2) is 20.9 Å². The van der Waals surface area contributed by atoms with E-state index in [1.54, 1.807) is 20.8 Å². The van der Waals surface area contributed by atoms with Crippen molar-refractivity contribution in [1.82, 2.24) is 9.78 Å². The summed E-state index contributed by atoms with van der Waals surface area (Å²) in [6, 6.07) is 2.90. The first-order valence-corrected chi connectivity index (χ1v) is 6.10. The van der Waals surface area contributed by atoms with Crippen LogP contribution in [0.15, 0.2) is 18.2 Å². The molecular formula is C14H13F3N2O2. The highest BCUT2D eigenvalue weighted by Crippen LogP contribution is 2.35. The molecule has 0 amide bonds. The van der Waals surface area contributed by atoms with E-state index in [0.717, 1.165) is 17.7 Å². The van der Waals surface area contributed by atoms with Gasteiger partial charge in [-0.1, -0.05) is 0 Å². The Morgan fingerprint density at radius 2 is 1.86 bits per heavy atom. The third-order valence-electron chi connectivity index (χ3n) is 3.43. The molecule has 1 aromatic carbocycles. The van der Waals surface area contributed by atoms with Crippen molar-refractivity contribution in [2.75, 3.05) is 0 Å². The average Bonchev–Trinajstić information content (AvgIpc) is 2.64. The van der Waals surface area contributed by atoms with Crippen molar-refractivity contribution in [2.24, 2.45) is 0 Å². The van der Waals surface area contributed by atoms with Gasteiger partial charge in [0.1, 0.15) is 0 Å². The van der Waals surface area contributed by atoms with Crippen LogP contribution < -0.4 is 0 Å². The number of alkyl halides is 3. The summed E-state index contributed by atoms with van der Waals surface area (Å²) in [4.78, 5) is 10.9. The van der Waals surface area contributed by atoms with E-state index in [0.29, 0.717) is 17.5 Å². The van der Waals surface area contributed by atoms with Gasteiger partial charge in [0.2, 0.25) is 0 Å². The Bertz CT molecular complexity index is 718. The van der Waals surface area contributed by atoms with Crippen molar-refractivity contribution in [1.29, 1.82) is 0 Å². The number of nitrogens with zero attached hydrogens (tertiary/aromatic N) is 2. The van der Waals surface area contributed by atoms with Gasteiger partial charge in [0.25, 0.3) is 0 Å². The van der Waals surface area contributed by atoms with Gasteiger partial charge in [0.05, 0.1) is 22.5 Å². The van der Waals surface area contributed by atoms with Gasteiger partial charge in [-0.2, -0.15) is 18.3 Å². The molecule has 21 heavy (non-hydrogen) atoms. The van der Waals surface area contributed by atoms with Crippen LogP contribution in [0, 0.1) is 20.8 Å². The lowest BCUT2D eigenvalue weighted by Gasteiger charge is -2.15. The van der Waals surface area contributed by atoms with Gasteiger partial charge in [0.15, 0.2) is 0 Å². The number of aryl methyl sites for hydroxylation is 1. The summed E-state index contributed by atoms with van der Waals surface area (Å²) in [7, 11) is 0. The molecular weight excluding hydrogens is 285 g/mol. The zero-order chi connectivity index (χ0) is 15.9. The number of hydrogen-bond acceptors (Lipinski definition) is 2. The molecule has 0 aliphatic carbocycles. The Labute approximate surface area is 118 Å². The number of hydrogen-bond donors (Lipinski definition) is 1. The zero-order valence-electron chi connectivity index (χ0n) is 11.6. The monoisotopic (exact) mass is 298 g/mol. The van der Waals surface area contributed by atoms with Gasteiger partial charge in [-0.3, -0.25) is 0 Å². The van der Waals surface area contributed by atoms with E-state index in [4.69, 9.17) is 5.11 Å². The van der Waals surface area contributed by atoms with Gasteiger partial charge in [-0.15, -0.1) is 0 Å². The first kappa shape index (κ1) is 15.1. The molecule has 0 aliphatic heterocycles. The average molecular weight is 298 g/mol. The SMILES string of the molecule is Cc1nn(-c2ccc(C(=O)O)cc2C(F)(F)F)c(C)c1C. The minimum Gasteiger partial charge on any atom is -0.478 e. The third-order valence-corrected chi connectivity index (χ3v) is 3.43. The topological polar surface area (TPSA) is 55.1 Å². The van der Waals surface area contributed by atoms with Crippen molar-refractivity contribution in [3.63, 3.8) is 0 Å². The zero-order valence-corrected chi connectivity index (χ0v) is 11.6. The fourth-order valence-corrected chi connectivity index (χ4v) is 2.04. The van der Waals surface area contributed by atoms with Crippen LogP contribution in [0.25, 0.3) is 5.69 Å². The minimum atomic E-state index is -4.67. The molecule has 112 valence electrons. The second-order valence-electron chi connectivity index (χ2n) is 4.74. The van der Waals surface area contributed by atoms with Gasteiger partial charge in [-0.25, -0.2) is 9.48 Å². The predicted octanol–water partition coefficient (Wildman–Crippen LogP) is 3.51. The quantitative estimate of drug-likeness (QED) is 0.923. The molecule has 0 aliphatic rings. The molecule has 0 fully saturated rings. The molecule has 7 heteroatoms. The summed E-state index contributed by atoms with van der Waals surface area (Å²) in [6.45, 7) is 5.14. The van der Waals surface area contributed by atoms with Gasteiger partial charge >= 0.3 is 12.1 Å². The van der Waals surface area contributed by atoms with E-state index in [2.05, 4.69) is 5.10 Å². The number of carboxylic acids is 1. The van der Waals surface area contributed by atoms with Crippen LogP contribution in [0.2, 0.25) is 0 Å². The Balaban J connectivity index is 2.74. The summed E-state index contributed by atoms with van der Waals surface area (Å²) in [6.07, 6.45) is -4.67. The summed E-state index contributed by atoms with van der Waals surface area (Å²) in [5, 5.41) is 12.9. The Kier molecular flexibility index (Phi) is 3.52. The maximum atomic E-state index is 13.2. The van der Waals surface area contributed by atoms with E-state index in [-0.39, 0.29) is 5.69 Å². The normalized spacial score (nSPS) is 11.7. The fraction of sp³-hybridized carbons (Fsp3) is 0.286. The summed E-state index contributed by atoms with van der Waals surface area (Å²) in [5.74, 6) is -1.41. The van der Waals surface area contributed by atoms with Crippen LogP contribution in [0.3, 0.4) is 0 Å². The number of benzene rings is 1. The largest absolute Gasteiger partial charge is 0.478 e. The number of aromatic carboxylic acids is 1. The molecule has 0 bridgehead atoms. The molecule has 0 saturated heterocycles. The maximum absolute atomic E-state index is 13.2. The third kappa shape index (κ3) is 2.63. The van der Waals surface area contributed by atoms with E-state index >= 15 is 0 Å². The fourth-order valence-electron chi connectivity index (χ4n) is 2.04. The number of halogens is 3. The first-order chi connectivity index (χ1) is 9.62. The van der Waals surface area contributed by atoms with E-state index < -0.39 is 23.3 Å². The van der Waals surface area contributed by atoms with Crippen LogP contribution in [-0.2, 0) is 6.18 Å². The summed E-state index contributed by atoms with van der Waals surface area (Å²) in [5.41, 5.74) is 0.396. The standard InChI is InChI=1S/C14H13F3N2O2/c1-7-8(2)18-19(9(7)3)12-5-4-10(13(20)21)6-11(12)14(15,16)17/h4-6H,1-3H3,(H,20,21). The Morgan fingerprint density at radius 1 is 1.24 bits per heavy atom. The van der Waals surface area contributed by atoms with Crippen molar-refractivity contribution in [3.05, 3.63) is 46.3 Å². The summed E-state index contributed by atoms with van der Waals surface area (Å²) < 4.78 is 40.7. The highest BCUT2D eigenvalue weighted by atomic mass is 19.4. The van der Waals surface area contributed by atoms with Gasteiger partial charge < -0.3 is 5.11 Å². The number of carboxylic acid groups (broad SMARTS) is 1. The molecule has 4 nitrogen and oxygen atoms in total. The molecule has 0 saturated carbocycles. The van der Waals surface area contributed by atoms with E-state index in [1.165, 1.54) is 4.68 Å². The lowest BCUT2D eigenvalue weighted by Crippen LogP contribution is -2.14. The molecule has 0 atom stereocenters. The highest BCUT2D eigenvalue weighted by molar-refractivity contribution is 5.88. The van der Waals surface area contributed by atoms with Crippen LogP contribution >= 0.6 is 0 Å². The lowest BCUT2D eigenvalue weighted by molar-refractivity contribution is -0.137. The lowest BCUT2D eigenvalue weighted by atomic mass is 10.1. The molecule has 1 N–H and O–H groups in total. The second kappa shape index (κ2) is 4.91. The van der Waals surface area contributed by atoms with Crippen molar-refractivity contribution >= 4 is 5.97 Å². The van der Waals surface area contributed by atoms with Crippen LogP contribution in [0.4, 0.5) is 13.2 Å². The molecule has 0 radical (unpaired) electrons. The summed E-state index contributed by atoms with van der Waals surface area (Å²) >= 11 is 0. The molecule has 0 spiro atoms. The molecule has 2 rings (SSSR count). The van der Waals surface area contributed by atoms with E-state index in [1.807, 2.05) is 0 Å². The van der Waals surface area contributed by atoms with Gasteiger partial charge in [-0.05, 0) is 44.5 Å². The maximum Gasteiger partial charge on any atom is 0.418 e. The second-order valence-corrected chi connectivity index (χ2v) is 4.74. The highest BCUT2D eigenvalue weighted by Gasteiger charge is 2.35. The van der Waals surface area contributed by atoms with Crippen LogP contribution in [0.1, 0.15) is 32.9 Å². The van der Waals surface area contributed by atoms with Crippen molar-refractivity contribution in [3.8, 4) is 5.69 Å². The minimum absolute atomic E-state index is 0.179. The van der Waals surface area contributed by atoms with Gasteiger partial charge in [0, 0.05) is 5.69 Å². The predicted molar refractivity (Wildman–Crippen MR) is 69.7 cm³/mol.